The molecule has 0 aromatic carbocycles. The first kappa shape index (κ1) is 11.6. The Balaban J connectivity index is 2.42. The zero-order valence-electron chi connectivity index (χ0n) is 8.68. The number of carbonyl (C=O) groups excluding carboxylic acids is 1. The molecule has 0 saturated heterocycles. The van der Waals surface area contributed by atoms with Crippen LogP contribution in [0.5, 0.6) is 0 Å². The molecule has 1 aromatic heterocycles. The van der Waals surface area contributed by atoms with E-state index >= 15 is 0 Å². The van der Waals surface area contributed by atoms with Crippen molar-refractivity contribution in [1.82, 2.24) is 15.3 Å². The molecule has 0 aliphatic carbocycles. The molecule has 15 heavy (non-hydrogen) atoms. The lowest BCUT2D eigenvalue weighted by Crippen LogP contribution is -2.33. The molecule has 0 aliphatic rings. The first-order valence-corrected chi connectivity index (χ1v) is 4.91. The van der Waals surface area contributed by atoms with E-state index in [9.17, 15) is 4.79 Å². The largest absolute Gasteiger partial charge is 0.396 e. The van der Waals surface area contributed by atoms with Gasteiger partial charge in [0, 0.05) is 25.0 Å². The van der Waals surface area contributed by atoms with E-state index in [0.29, 0.717) is 12.1 Å². The Kier molecular flexibility index (Phi) is 4.70. The zero-order valence-corrected chi connectivity index (χ0v) is 8.68. The topological polar surface area (TPSA) is 75.1 Å². The molecule has 0 fully saturated rings. The molecule has 1 heterocycles. The van der Waals surface area contributed by atoms with Crippen LogP contribution in [0.3, 0.4) is 0 Å². The van der Waals surface area contributed by atoms with E-state index in [2.05, 4.69) is 15.3 Å². The predicted molar refractivity (Wildman–Crippen MR) is 55.3 cm³/mol. The van der Waals surface area contributed by atoms with Gasteiger partial charge in [-0.25, -0.2) is 4.98 Å². The lowest BCUT2D eigenvalue weighted by molar-refractivity contribution is 0.0931. The normalized spacial score (nSPS) is 12.1. The van der Waals surface area contributed by atoms with Gasteiger partial charge in [0.1, 0.15) is 5.69 Å². The van der Waals surface area contributed by atoms with E-state index in [1.807, 2.05) is 6.92 Å². The van der Waals surface area contributed by atoms with E-state index in [1.54, 1.807) is 0 Å². The van der Waals surface area contributed by atoms with Gasteiger partial charge in [-0.3, -0.25) is 9.78 Å². The Morgan fingerprint density at radius 1 is 1.60 bits per heavy atom. The van der Waals surface area contributed by atoms with Crippen molar-refractivity contribution in [2.75, 3.05) is 6.61 Å². The number of nitrogens with one attached hydrogen (secondary N) is 1. The van der Waals surface area contributed by atoms with Gasteiger partial charge in [0.2, 0.25) is 0 Å². The monoisotopic (exact) mass is 209 g/mol. The molecule has 1 rings (SSSR count). The molecule has 0 aliphatic heterocycles. The fraction of sp³-hybridized carbons (Fsp3) is 0.500. The highest BCUT2D eigenvalue weighted by molar-refractivity contribution is 5.92. The molecule has 0 saturated carbocycles. The number of nitrogens with zero attached hydrogens (tertiary/aromatic N) is 2. The molecule has 2 N–H and O–H groups in total. The average Bonchev–Trinajstić information content (AvgIpc) is 2.27. The second-order valence-electron chi connectivity index (χ2n) is 3.33. The molecular formula is C10H15N3O2. The number of carbonyl (C=O) groups is 1. The predicted octanol–water partition coefficient (Wildman–Crippen LogP) is 0.367. The lowest BCUT2D eigenvalue weighted by Gasteiger charge is -2.12. The number of amides is 1. The van der Waals surface area contributed by atoms with Crippen molar-refractivity contribution >= 4 is 5.91 Å². The minimum Gasteiger partial charge on any atom is -0.396 e. The highest BCUT2D eigenvalue weighted by atomic mass is 16.2. The standard InChI is InChI=1S/C10H15N3O2/c1-8(3-2-6-14)13-10(15)9-7-11-4-5-12-9/h4-5,7-8,14H,2-3,6H2,1H3,(H,13,15). The van der Waals surface area contributed by atoms with Crippen LogP contribution in [-0.2, 0) is 0 Å². The summed E-state index contributed by atoms with van der Waals surface area (Å²) in [6.45, 7) is 2.04. The van der Waals surface area contributed by atoms with Gasteiger partial charge in [-0.2, -0.15) is 0 Å². The second-order valence-corrected chi connectivity index (χ2v) is 3.33. The number of aliphatic hydroxyl groups excluding tert-OH is 1. The summed E-state index contributed by atoms with van der Waals surface area (Å²) < 4.78 is 0. The Hall–Kier alpha value is -1.49. The summed E-state index contributed by atoms with van der Waals surface area (Å²) >= 11 is 0. The summed E-state index contributed by atoms with van der Waals surface area (Å²) in [7, 11) is 0. The number of hydrogen-bond donors (Lipinski definition) is 2. The van der Waals surface area contributed by atoms with Gasteiger partial charge < -0.3 is 10.4 Å². The van der Waals surface area contributed by atoms with E-state index < -0.39 is 0 Å². The fourth-order valence-corrected chi connectivity index (χ4v) is 1.18. The molecule has 5 heteroatoms. The third-order valence-corrected chi connectivity index (χ3v) is 1.97. The summed E-state index contributed by atoms with van der Waals surface area (Å²) in [5.41, 5.74) is 0.313. The number of hydrogen-bond acceptors (Lipinski definition) is 4. The molecular weight excluding hydrogens is 194 g/mol. The quantitative estimate of drug-likeness (QED) is 0.734. The van der Waals surface area contributed by atoms with Gasteiger partial charge in [-0.1, -0.05) is 0 Å². The Morgan fingerprint density at radius 2 is 2.40 bits per heavy atom. The van der Waals surface area contributed by atoms with Crippen molar-refractivity contribution in [3.8, 4) is 0 Å². The van der Waals surface area contributed by atoms with Crippen LogP contribution in [0.1, 0.15) is 30.3 Å². The van der Waals surface area contributed by atoms with Crippen molar-refractivity contribution < 1.29 is 9.90 Å². The van der Waals surface area contributed by atoms with E-state index in [1.165, 1.54) is 18.6 Å². The molecule has 0 bridgehead atoms. The maximum absolute atomic E-state index is 11.5. The van der Waals surface area contributed by atoms with Crippen LogP contribution in [0, 0.1) is 0 Å². The summed E-state index contributed by atoms with van der Waals surface area (Å²) in [5, 5.41) is 11.4. The van der Waals surface area contributed by atoms with Gasteiger partial charge in [0.05, 0.1) is 6.20 Å². The molecule has 1 atom stereocenters. The summed E-state index contributed by atoms with van der Waals surface area (Å²) in [6, 6.07) is 0.0339. The van der Waals surface area contributed by atoms with E-state index in [4.69, 9.17) is 5.11 Å². The highest BCUT2D eigenvalue weighted by Crippen LogP contribution is 1.97. The van der Waals surface area contributed by atoms with Gasteiger partial charge in [-0.15, -0.1) is 0 Å². The van der Waals surface area contributed by atoms with E-state index in [-0.39, 0.29) is 18.6 Å². The third kappa shape index (κ3) is 4.03. The molecule has 1 unspecified atom stereocenters. The van der Waals surface area contributed by atoms with Crippen molar-refractivity contribution in [1.29, 1.82) is 0 Å². The number of rotatable bonds is 5. The molecule has 0 spiro atoms. The maximum Gasteiger partial charge on any atom is 0.271 e. The SMILES string of the molecule is CC(CCCO)NC(=O)c1cnccn1. The molecule has 1 amide bonds. The molecule has 0 radical (unpaired) electrons. The van der Waals surface area contributed by atoms with Crippen LogP contribution >= 0.6 is 0 Å². The Labute approximate surface area is 88.6 Å². The highest BCUT2D eigenvalue weighted by Gasteiger charge is 2.10. The van der Waals surface area contributed by atoms with Crippen molar-refractivity contribution in [3.63, 3.8) is 0 Å². The van der Waals surface area contributed by atoms with Gasteiger partial charge >= 0.3 is 0 Å². The molecule has 5 nitrogen and oxygen atoms in total. The second kappa shape index (κ2) is 6.08. The first-order valence-electron chi connectivity index (χ1n) is 4.91. The van der Waals surface area contributed by atoms with Crippen LogP contribution in [0.25, 0.3) is 0 Å². The van der Waals surface area contributed by atoms with Crippen molar-refractivity contribution in [2.24, 2.45) is 0 Å². The minimum atomic E-state index is -0.228. The van der Waals surface area contributed by atoms with Crippen LogP contribution in [0.15, 0.2) is 18.6 Å². The molecule has 1 aromatic rings. The summed E-state index contributed by atoms with van der Waals surface area (Å²) in [4.78, 5) is 19.2. The van der Waals surface area contributed by atoms with Crippen LogP contribution in [0.4, 0.5) is 0 Å². The first-order chi connectivity index (χ1) is 7.24. The van der Waals surface area contributed by atoms with Gasteiger partial charge in [0.15, 0.2) is 0 Å². The molecule has 82 valence electrons. The maximum atomic E-state index is 11.5. The zero-order chi connectivity index (χ0) is 11.1. The lowest BCUT2D eigenvalue weighted by atomic mass is 10.2. The van der Waals surface area contributed by atoms with Crippen molar-refractivity contribution in [3.05, 3.63) is 24.3 Å². The number of aromatic nitrogens is 2. The van der Waals surface area contributed by atoms with Crippen LogP contribution in [0.2, 0.25) is 0 Å². The third-order valence-electron chi connectivity index (χ3n) is 1.97. The fourth-order valence-electron chi connectivity index (χ4n) is 1.18. The van der Waals surface area contributed by atoms with Crippen LogP contribution in [-0.4, -0.2) is 33.6 Å². The summed E-state index contributed by atoms with van der Waals surface area (Å²) in [5.74, 6) is -0.228. The van der Waals surface area contributed by atoms with Gasteiger partial charge in [-0.05, 0) is 19.8 Å². The Bertz CT molecular complexity index is 303. The smallest absolute Gasteiger partial charge is 0.271 e. The number of aliphatic hydroxyl groups is 1. The van der Waals surface area contributed by atoms with Crippen LogP contribution < -0.4 is 5.32 Å². The summed E-state index contributed by atoms with van der Waals surface area (Å²) in [6.07, 6.45) is 5.86. The van der Waals surface area contributed by atoms with Crippen molar-refractivity contribution in [2.45, 2.75) is 25.8 Å². The minimum absolute atomic E-state index is 0.0339. The van der Waals surface area contributed by atoms with E-state index in [0.717, 1.165) is 6.42 Å². The average molecular weight is 209 g/mol. The Morgan fingerprint density at radius 3 is 3.00 bits per heavy atom. The van der Waals surface area contributed by atoms with Gasteiger partial charge in [0.25, 0.3) is 5.91 Å².